The van der Waals surface area contributed by atoms with Gasteiger partial charge in [-0.3, -0.25) is 4.90 Å². The van der Waals surface area contributed by atoms with Crippen LogP contribution >= 0.6 is 12.2 Å². The Morgan fingerprint density at radius 2 is 1.50 bits per heavy atom. The molecular weight excluding hydrogens is 318 g/mol. The van der Waals surface area contributed by atoms with Crippen LogP contribution in [0.25, 0.3) is 0 Å². The maximum atomic E-state index is 5.12. The smallest absolute Gasteiger partial charge is 0.238 e. The molecule has 0 aliphatic rings. The third-order valence-electron chi connectivity index (χ3n) is 3.89. The highest BCUT2D eigenvalue weighted by molar-refractivity contribution is 7.71. The second-order valence-corrected chi connectivity index (χ2v) is 6.13. The number of H-pyrrole nitrogens is 1. The molecule has 5 nitrogen and oxygen atoms in total. The SMILES string of the molecule is S=c1nn[nH]n1CCCN(Cc1ccccc1)Cc1ccccc1. The first kappa shape index (κ1) is 16.5. The molecule has 0 bridgehead atoms. The number of aryl methyl sites for hydroxylation is 1. The van der Waals surface area contributed by atoms with Gasteiger partial charge in [0.15, 0.2) is 0 Å². The van der Waals surface area contributed by atoms with Crippen molar-refractivity contribution < 1.29 is 0 Å². The van der Waals surface area contributed by atoms with E-state index in [4.69, 9.17) is 12.2 Å². The summed E-state index contributed by atoms with van der Waals surface area (Å²) in [5.41, 5.74) is 2.65. The zero-order valence-electron chi connectivity index (χ0n) is 13.5. The fourth-order valence-corrected chi connectivity index (χ4v) is 2.88. The number of benzene rings is 2. The number of rotatable bonds is 8. The molecule has 0 amide bonds. The molecule has 0 spiro atoms. The first-order valence-electron chi connectivity index (χ1n) is 8.09. The number of nitrogens with zero attached hydrogens (tertiary/aromatic N) is 4. The van der Waals surface area contributed by atoms with Gasteiger partial charge in [-0.1, -0.05) is 71.0 Å². The summed E-state index contributed by atoms with van der Waals surface area (Å²) in [6.45, 7) is 3.64. The summed E-state index contributed by atoms with van der Waals surface area (Å²) < 4.78 is 2.31. The Labute approximate surface area is 146 Å². The molecule has 24 heavy (non-hydrogen) atoms. The van der Waals surface area contributed by atoms with Crippen molar-refractivity contribution in [3.8, 4) is 0 Å². The number of hydrogen-bond donors (Lipinski definition) is 1. The van der Waals surface area contributed by atoms with Gasteiger partial charge >= 0.3 is 0 Å². The van der Waals surface area contributed by atoms with Crippen molar-refractivity contribution in [2.75, 3.05) is 6.54 Å². The van der Waals surface area contributed by atoms with E-state index in [1.54, 1.807) is 4.68 Å². The molecule has 1 aromatic heterocycles. The summed E-state index contributed by atoms with van der Waals surface area (Å²) in [7, 11) is 0. The summed E-state index contributed by atoms with van der Waals surface area (Å²) >= 11 is 5.12. The second kappa shape index (κ2) is 8.52. The Bertz CT molecular complexity index is 740. The molecule has 1 heterocycles. The minimum atomic E-state index is 0.507. The normalized spacial score (nSPS) is 11.0. The highest BCUT2D eigenvalue weighted by Gasteiger charge is 2.07. The molecular formula is C18H21N5S. The van der Waals surface area contributed by atoms with Crippen molar-refractivity contribution in [2.24, 2.45) is 0 Å². The molecule has 0 aliphatic heterocycles. The molecule has 2 aromatic carbocycles. The number of nitrogens with one attached hydrogen (secondary N) is 1. The number of hydrogen-bond acceptors (Lipinski definition) is 4. The Hall–Kier alpha value is -2.31. The second-order valence-electron chi connectivity index (χ2n) is 5.77. The number of tetrazole rings is 1. The van der Waals surface area contributed by atoms with Crippen LogP contribution in [0.4, 0.5) is 0 Å². The zero-order valence-corrected chi connectivity index (χ0v) is 14.3. The number of aromatic nitrogens is 4. The lowest BCUT2D eigenvalue weighted by molar-refractivity contribution is 0.246. The summed E-state index contributed by atoms with van der Waals surface area (Å²) in [6.07, 6.45) is 0.984. The van der Waals surface area contributed by atoms with Gasteiger partial charge in [-0.25, -0.2) is 4.68 Å². The van der Waals surface area contributed by atoms with Gasteiger partial charge in [0, 0.05) is 26.2 Å². The van der Waals surface area contributed by atoms with Gasteiger partial charge in [-0.2, -0.15) is 5.21 Å². The topological polar surface area (TPSA) is 49.7 Å². The van der Waals surface area contributed by atoms with Gasteiger partial charge in [0.2, 0.25) is 4.77 Å². The predicted octanol–water partition coefficient (Wildman–Crippen LogP) is 3.43. The molecule has 0 saturated heterocycles. The summed E-state index contributed by atoms with van der Waals surface area (Å²) in [5.74, 6) is 0. The van der Waals surface area contributed by atoms with Crippen molar-refractivity contribution in [3.05, 3.63) is 76.6 Å². The van der Waals surface area contributed by atoms with Crippen LogP contribution in [-0.2, 0) is 19.6 Å². The van der Waals surface area contributed by atoms with E-state index in [0.717, 1.165) is 32.6 Å². The maximum Gasteiger partial charge on any atom is 0.238 e. The van der Waals surface area contributed by atoms with Gasteiger partial charge in [0.25, 0.3) is 0 Å². The molecule has 0 aliphatic carbocycles. The van der Waals surface area contributed by atoms with E-state index in [0.29, 0.717) is 4.77 Å². The van der Waals surface area contributed by atoms with Crippen LogP contribution in [0.15, 0.2) is 60.7 Å². The molecule has 0 atom stereocenters. The van der Waals surface area contributed by atoms with Crippen LogP contribution in [0.2, 0.25) is 0 Å². The van der Waals surface area contributed by atoms with E-state index >= 15 is 0 Å². The van der Waals surface area contributed by atoms with E-state index in [9.17, 15) is 0 Å². The average molecular weight is 339 g/mol. The van der Waals surface area contributed by atoms with Crippen LogP contribution in [-0.4, -0.2) is 31.7 Å². The molecule has 0 unspecified atom stereocenters. The minimum absolute atomic E-state index is 0.507. The van der Waals surface area contributed by atoms with E-state index in [1.165, 1.54) is 11.1 Å². The van der Waals surface area contributed by atoms with Crippen LogP contribution in [0.3, 0.4) is 0 Å². The van der Waals surface area contributed by atoms with Crippen LogP contribution in [0, 0.1) is 4.77 Å². The Morgan fingerprint density at radius 3 is 2.00 bits per heavy atom. The van der Waals surface area contributed by atoms with Gasteiger partial charge in [-0.05, 0) is 29.8 Å². The molecule has 1 N–H and O–H groups in total. The van der Waals surface area contributed by atoms with Gasteiger partial charge in [0.1, 0.15) is 0 Å². The average Bonchev–Trinajstić information content (AvgIpc) is 3.02. The summed E-state index contributed by atoms with van der Waals surface area (Å²) in [4.78, 5) is 2.46. The first-order valence-corrected chi connectivity index (χ1v) is 8.50. The van der Waals surface area contributed by atoms with Crippen molar-refractivity contribution in [1.29, 1.82) is 0 Å². The summed E-state index contributed by atoms with van der Waals surface area (Å²) in [5, 5.41) is 10.3. The fourth-order valence-electron chi connectivity index (χ4n) is 2.71. The highest BCUT2D eigenvalue weighted by atomic mass is 32.1. The fraction of sp³-hybridized carbons (Fsp3) is 0.278. The number of aromatic amines is 1. The molecule has 0 fully saturated rings. The molecule has 0 radical (unpaired) electrons. The molecule has 6 heteroatoms. The Balaban J connectivity index is 1.62. The molecule has 0 saturated carbocycles. The standard InChI is InChI=1S/C18H21N5S/c24-18-19-20-21-23(18)13-7-12-22(14-16-8-3-1-4-9-16)15-17-10-5-2-6-11-17/h1-6,8-11H,7,12-15H2,(H,19,21,24). The van der Waals surface area contributed by atoms with Crippen molar-refractivity contribution in [1.82, 2.24) is 25.1 Å². The predicted molar refractivity (Wildman–Crippen MR) is 96.8 cm³/mol. The third-order valence-corrected chi connectivity index (χ3v) is 4.19. The van der Waals surface area contributed by atoms with Crippen LogP contribution in [0.5, 0.6) is 0 Å². The van der Waals surface area contributed by atoms with Crippen LogP contribution in [0.1, 0.15) is 17.5 Å². The van der Waals surface area contributed by atoms with Crippen molar-refractivity contribution >= 4 is 12.2 Å². The maximum absolute atomic E-state index is 5.12. The minimum Gasteiger partial charge on any atom is -0.295 e. The van der Waals surface area contributed by atoms with Crippen molar-refractivity contribution in [2.45, 2.75) is 26.1 Å². The molecule has 3 rings (SSSR count). The van der Waals surface area contributed by atoms with E-state index < -0.39 is 0 Å². The summed E-state index contributed by atoms with van der Waals surface area (Å²) in [6, 6.07) is 21.2. The van der Waals surface area contributed by atoms with Gasteiger partial charge < -0.3 is 0 Å². The lowest BCUT2D eigenvalue weighted by Gasteiger charge is -2.22. The van der Waals surface area contributed by atoms with Gasteiger partial charge in [-0.15, -0.1) is 0 Å². The Morgan fingerprint density at radius 1 is 0.917 bits per heavy atom. The molecule has 124 valence electrons. The van der Waals surface area contributed by atoms with E-state index in [2.05, 4.69) is 81.1 Å². The van der Waals surface area contributed by atoms with E-state index in [1.807, 2.05) is 0 Å². The largest absolute Gasteiger partial charge is 0.295 e. The zero-order chi connectivity index (χ0) is 16.6. The van der Waals surface area contributed by atoms with Crippen LogP contribution < -0.4 is 0 Å². The quantitative estimate of drug-likeness (QED) is 0.639. The highest BCUT2D eigenvalue weighted by Crippen LogP contribution is 2.11. The third kappa shape index (κ3) is 4.84. The first-order chi connectivity index (χ1) is 11.8. The monoisotopic (exact) mass is 339 g/mol. The lowest BCUT2D eigenvalue weighted by atomic mass is 10.1. The van der Waals surface area contributed by atoms with Crippen molar-refractivity contribution in [3.63, 3.8) is 0 Å². The van der Waals surface area contributed by atoms with Gasteiger partial charge in [0.05, 0.1) is 0 Å². The Kier molecular flexibility index (Phi) is 5.87. The molecule has 3 aromatic rings. The lowest BCUT2D eigenvalue weighted by Crippen LogP contribution is -2.25. The van der Waals surface area contributed by atoms with E-state index in [-0.39, 0.29) is 0 Å².